The number of nitrogens with two attached hydrogens (primary N) is 2. The molecule has 0 saturated heterocycles. The first-order valence-electron chi connectivity index (χ1n) is 7.73. The Morgan fingerprint density at radius 1 is 1.21 bits per heavy atom. The average molecular weight is 379 g/mol. The molecule has 0 amide bonds. The molecule has 3 rings (SSSR count). The van der Waals surface area contributed by atoms with Crippen LogP contribution in [-0.4, -0.2) is 27.0 Å². The molecule has 0 aliphatic heterocycles. The van der Waals surface area contributed by atoms with Gasteiger partial charge in [0.05, 0.1) is 17.7 Å². The number of pyridine rings is 1. The Bertz CT molecular complexity index is 1110. The number of nitrogens with zero attached hydrogens (tertiary/aromatic N) is 5. The summed E-state index contributed by atoms with van der Waals surface area (Å²) in [4.78, 5) is 22.2. The molecular formula is C17H13N7O4. The van der Waals surface area contributed by atoms with Gasteiger partial charge in [0.2, 0.25) is 5.95 Å². The molecule has 2 aromatic heterocycles. The minimum absolute atomic E-state index is 0.0478. The van der Waals surface area contributed by atoms with Gasteiger partial charge in [0.25, 0.3) is 5.88 Å². The zero-order chi connectivity index (χ0) is 20.3. The lowest BCUT2D eigenvalue weighted by molar-refractivity contribution is -0.386. The smallest absolute Gasteiger partial charge is 0.331 e. The molecule has 3 aromatic rings. The quantitative estimate of drug-likeness (QED) is 0.493. The van der Waals surface area contributed by atoms with Crippen LogP contribution in [0.15, 0.2) is 36.5 Å². The molecule has 1 aromatic carbocycles. The second-order valence-electron chi connectivity index (χ2n) is 5.35. The number of hydrogen-bond donors (Lipinski definition) is 2. The van der Waals surface area contributed by atoms with E-state index in [-0.39, 0.29) is 46.1 Å². The molecule has 11 nitrogen and oxygen atoms in total. The van der Waals surface area contributed by atoms with Crippen LogP contribution in [0.5, 0.6) is 17.4 Å². The summed E-state index contributed by atoms with van der Waals surface area (Å²) >= 11 is 0. The van der Waals surface area contributed by atoms with Crippen molar-refractivity contribution in [2.75, 3.05) is 18.6 Å². The highest BCUT2D eigenvalue weighted by Gasteiger charge is 2.20. The lowest BCUT2D eigenvalue weighted by Gasteiger charge is -2.12. The predicted octanol–water partition coefficient (Wildman–Crippen LogP) is 2.28. The molecule has 0 bridgehead atoms. The fraction of sp³-hybridized carbons (Fsp3) is 0.0588. The van der Waals surface area contributed by atoms with Gasteiger partial charge in [0.1, 0.15) is 17.5 Å². The van der Waals surface area contributed by atoms with Crippen LogP contribution in [0.3, 0.4) is 0 Å². The van der Waals surface area contributed by atoms with Crippen LogP contribution in [0.25, 0.3) is 11.3 Å². The number of ether oxygens (including phenoxy) is 2. The van der Waals surface area contributed by atoms with Crippen LogP contribution < -0.4 is 20.9 Å². The number of rotatable bonds is 5. The van der Waals surface area contributed by atoms with E-state index in [1.165, 1.54) is 37.6 Å². The van der Waals surface area contributed by atoms with E-state index in [0.717, 1.165) is 0 Å². The lowest BCUT2D eigenvalue weighted by Crippen LogP contribution is -2.05. The molecule has 140 valence electrons. The van der Waals surface area contributed by atoms with Gasteiger partial charge in [-0.05, 0) is 24.3 Å². The van der Waals surface area contributed by atoms with Gasteiger partial charge in [-0.2, -0.15) is 10.2 Å². The number of anilines is 2. The molecule has 0 spiro atoms. The fourth-order valence-electron chi connectivity index (χ4n) is 2.42. The van der Waals surface area contributed by atoms with Gasteiger partial charge in [-0.15, -0.1) is 0 Å². The Morgan fingerprint density at radius 2 is 2.00 bits per heavy atom. The van der Waals surface area contributed by atoms with Crippen molar-refractivity contribution >= 4 is 17.5 Å². The largest absolute Gasteiger partial charge is 0.493 e. The first kappa shape index (κ1) is 18.3. The summed E-state index contributed by atoms with van der Waals surface area (Å²) in [5, 5.41) is 20.5. The van der Waals surface area contributed by atoms with E-state index in [4.69, 9.17) is 20.9 Å². The highest BCUT2D eigenvalue weighted by atomic mass is 16.6. The third kappa shape index (κ3) is 3.42. The zero-order valence-electron chi connectivity index (χ0n) is 14.5. The number of benzene rings is 1. The number of nitro groups is 1. The van der Waals surface area contributed by atoms with Gasteiger partial charge < -0.3 is 20.9 Å². The van der Waals surface area contributed by atoms with Crippen molar-refractivity contribution in [2.24, 2.45) is 0 Å². The molecular weight excluding hydrogens is 366 g/mol. The zero-order valence-corrected chi connectivity index (χ0v) is 14.5. The number of methoxy groups -OCH3 is 1. The fourth-order valence-corrected chi connectivity index (χ4v) is 2.42. The van der Waals surface area contributed by atoms with Gasteiger partial charge in [0, 0.05) is 17.8 Å². The molecule has 0 radical (unpaired) electrons. The van der Waals surface area contributed by atoms with Crippen LogP contribution in [0, 0.1) is 21.4 Å². The molecule has 2 heterocycles. The Morgan fingerprint density at radius 3 is 2.68 bits per heavy atom. The highest BCUT2D eigenvalue weighted by Crippen LogP contribution is 2.38. The first-order valence-corrected chi connectivity index (χ1v) is 7.73. The van der Waals surface area contributed by atoms with Crippen molar-refractivity contribution in [3.05, 3.63) is 52.2 Å². The van der Waals surface area contributed by atoms with Crippen LogP contribution >= 0.6 is 0 Å². The van der Waals surface area contributed by atoms with Gasteiger partial charge >= 0.3 is 5.69 Å². The number of nitrogen functional groups attached to an aromatic ring is 2. The van der Waals surface area contributed by atoms with Crippen LogP contribution in [-0.2, 0) is 0 Å². The number of nitriles is 1. The maximum Gasteiger partial charge on any atom is 0.331 e. The summed E-state index contributed by atoms with van der Waals surface area (Å²) in [5.74, 6) is 0.0914. The predicted molar refractivity (Wildman–Crippen MR) is 98.5 cm³/mol. The third-order valence-corrected chi connectivity index (χ3v) is 3.66. The molecule has 0 aliphatic rings. The Labute approximate surface area is 158 Å². The van der Waals surface area contributed by atoms with E-state index in [1.54, 1.807) is 6.07 Å². The Kier molecular flexibility index (Phi) is 4.86. The second kappa shape index (κ2) is 7.42. The average Bonchev–Trinajstić information content (AvgIpc) is 2.68. The van der Waals surface area contributed by atoms with Gasteiger partial charge in [-0.3, -0.25) is 10.1 Å². The van der Waals surface area contributed by atoms with E-state index >= 15 is 0 Å². The van der Waals surface area contributed by atoms with Gasteiger partial charge in [0.15, 0.2) is 11.5 Å². The molecule has 0 fully saturated rings. The van der Waals surface area contributed by atoms with Crippen molar-refractivity contribution in [3.63, 3.8) is 0 Å². The Hall–Kier alpha value is -4.46. The standard InChI is InChI=1S/C17H13N7O4/c1-27-13-7-9(14-10(8-18)15(19)23-17(20)22-14)4-5-12(13)28-16-11(24(25)26)3-2-6-21-16/h2-7H,1H3,(H4,19,20,22,23). The SMILES string of the molecule is COc1cc(-c2nc(N)nc(N)c2C#N)ccc1Oc1ncccc1[N+](=O)[O-]. The van der Waals surface area contributed by atoms with Crippen molar-refractivity contribution in [1.82, 2.24) is 15.0 Å². The van der Waals surface area contributed by atoms with Crippen molar-refractivity contribution < 1.29 is 14.4 Å². The first-order chi connectivity index (χ1) is 13.4. The monoisotopic (exact) mass is 379 g/mol. The summed E-state index contributed by atoms with van der Waals surface area (Å²) < 4.78 is 10.9. The lowest BCUT2D eigenvalue weighted by atomic mass is 10.1. The summed E-state index contributed by atoms with van der Waals surface area (Å²) in [6.45, 7) is 0. The van der Waals surface area contributed by atoms with E-state index < -0.39 is 4.92 Å². The molecule has 28 heavy (non-hydrogen) atoms. The van der Waals surface area contributed by atoms with Crippen LogP contribution in [0.2, 0.25) is 0 Å². The molecule has 0 atom stereocenters. The van der Waals surface area contributed by atoms with Crippen molar-refractivity contribution in [2.45, 2.75) is 0 Å². The molecule has 0 unspecified atom stereocenters. The van der Waals surface area contributed by atoms with Crippen LogP contribution in [0.4, 0.5) is 17.5 Å². The van der Waals surface area contributed by atoms with Crippen LogP contribution in [0.1, 0.15) is 5.56 Å². The minimum Gasteiger partial charge on any atom is -0.493 e. The van der Waals surface area contributed by atoms with E-state index in [2.05, 4.69) is 15.0 Å². The normalized spacial score (nSPS) is 10.1. The van der Waals surface area contributed by atoms with E-state index in [0.29, 0.717) is 5.56 Å². The summed E-state index contributed by atoms with van der Waals surface area (Å²) in [5.41, 5.74) is 11.8. The number of hydrogen-bond acceptors (Lipinski definition) is 10. The summed E-state index contributed by atoms with van der Waals surface area (Å²) in [7, 11) is 1.40. The Balaban J connectivity index is 2.06. The molecule has 4 N–H and O–H groups in total. The molecule has 0 saturated carbocycles. The molecule has 11 heteroatoms. The van der Waals surface area contributed by atoms with Gasteiger partial charge in [-0.1, -0.05) is 0 Å². The van der Waals surface area contributed by atoms with Crippen molar-refractivity contribution in [1.29, 1.82) is 5.26 Å². The maximum absolute atomic E-state index is 11.1. The third-order valence-electron chi connectivity index (χ3n) is 3.66. The minimum atomic E-state index is -0.602. The summed E-state index contributed by atoms with van der Waals surface area (Å²) in [6, 6.07) is 9.25. The van der Waals surface area contributed by atoms with Gasteiger partial charge in [-0.25, -0.2) is 9.97 Å². The highest BCUT2D eigenvalue weighted by molar-refractivity contribution is 5.74. The maximum atomic E-state index is 11.1. The summed E-state index contributed by atoms with van der Waals surface area (Å²) in [6.07, 6.45) is 1.37. The van der Waals surface area contributed by atoms with E-state index in [9.17, 15) is 15.4 Å². The molecule has 0 aliphatic carbocycles. The van der Waals surface area contributed by atoms with E-state index in [1.807, 2.05) is 6.07 Å². The second-order valence-corrected chi connectivity index (χ2v) is 5.35. The number of aromatic nitrogens is 3. The topological polar surface area (TPSA) is 176 Å². The van der Waals surface area contributed by atoms with Crippen molar-refractivity contribution in [3.8, 4) is 34.7 Å².